The van der Waals surface area contributed by atoms with Gasteiger partial charge in [0, 0.05) is 19.3 Å². The fourth-order valence-electron chi connectivity index (χ4n) is 1.47. The molecule has 1 aliphatic rings. The minimum absolute atomic E-state index is 0.206. The SMILES string of the molecule is O=C(O)CC[C@H]1CCC(=O)C1. The van der Waals surface area contributed by atoms with Gasteiger partial charge < -0.3 is 5.11 Å². The lowest BCUT2D eigenvalue weighted by Crippen LogP contribution is -2.01. The molecule has 3 heteroatoms. The molecule has 0 saturated heterocycles. The lowest BCUT2D eigenvalue weighted by molar-refractivity contribution is -0.137. The van der Waals surface area contributed by atoms with E-state index in [1.165, 1.54) is 0 Å². The maximum absolute atomic E-state index is 10.8. The molecule has 0 aromatic carbocycles. The predicted molar refractivity (Wildman–Crippen MR) is 39.2 cm³/mol. The molecule has 1 saturated carbocycles. The van der Waals surface area contributed by atoms with Crippen LogP contribution in [0.3, 0.4) is 0 Å². The third-order valence-corrected chi connectivity index (χ3v) is 2.11. The van der Waals surface area contributed by atoms with Crippen LogP contribution >= 0.6 is 0 Å². The molecule has 1 atom stereocenters. The summed E-state index contributed by atoms with van der Waals surface area (Å²) in [5, 5.41) is 8.35. The van der Waals surface area contributed by atoms with Crippen molar-refractivity contribution < 1.29 is 14.7 Å². The Balaban J connectivity index is 2.18. The van der Waals surface area contributed by atoms with Gasteiger partial charge in [-0.25, -0.2) is 0 Å². The number of ketones is 1. The van der Waals surface area contributed by atoms with Gasteiger partial charge in [-0.1, -0.05) is 0 Å². The first-order valence-corrected chi connectivity index (χ1v) is 3.92. The third-order valence-electron chi connectivity index (χ3n) is 2.11. The van der Waals surface area contributed by atoms with Crippen molar-refractivity contribution in [2.45, 2.75) is 32.1 Å². The molecule has 1 rings (SSSR count). The van der Waals surface area contributed by atoms with Gasteiger partial charge in [-0.05, 0) is 18.8 Å². The van der Waals surface area contributed by atoms with Crippen molar-refractivity contribution in [1.29, 1.82) is 0 Å². The molecule has 0 aromatic heterocycles. The summed E-state index contributed by atoms with van der Waals surface area (Å²) in [6, 6.07) is 0. The summed E-state index contributed by atoms with van der Waals surface area (Å²) in [5.74, 6) is -0.122. The van der Waals surface area contributed by atoms with Crippen LogP contribution in [0.5, 0.6) is 0 Å². The molecule has 0 spiro atoms. The van der Waals surface area contributed by atoms with Crippen molar-refractivity contribution in [3.05, 3.63) is 0 Å². The monoisotopic (exact) mass is 156 g/mol. The molecule has 0 radical (unpaired) electrons. The van der Waals surface area contributed by atoms with E-state index in [1.54, 1.807) is 0 Å². The van der Waals surface area contributed by atoms with E-state index in [2.05, 4.69) is 0 Å². The van der Waals surface area contributed by atoms with Crippen molar-refractivity contribution in [3.63, 3.8) is 0 Å². The molecule has 3 nitrogen and oxygen atoms in total. The van der Waals surface area contributed by atoms with Crippen LogP contribution in [0.25, 0.3) is 0 Å². The Morgan fingerprint density at radius 2 is 2.36 bits per heavy atom. The highest BCUT2D eigenvalue weighted by Crippen LogP contribution is 2.25. The van der Waals surface area contributed by atoms with Gasteiger partial charge in [-0.15, -0.1) is 0 Å². The van der Waals surface area contributed by atoms with Crippen LogP contribution in [-0.4, -0.2) is 16.9 Å². The van der Waals surface area contributed by atoms with Gasteiger partial charge in [-0.3, -0.25) is 9.59 Å². The number of aliphatic carboxylic acids is 1. The number of hydrogen-bond acceptors (Lipinski definition) is 2. The van der Waals surface area contributed by atoms with Crippen LogP contribution in [-0.2, 0) is 9.59 Å². The van der Waals surface area contributed by atoms with Crippen LogP contribution in [0.1, 0.15) is 32.1 Å². The number of carbonyl (C=O) groups is 2. The normalized spacial score (nSPS) is 24.0. The number of carboxylic acid groups (broad SMARTS) is 1. The fourth-order valence-corrected chi connectivity index (χ4v) is 1.47. The summed E-state index contributed by atoms with van der Waals surface area (Å²) in [4.78, 5) is 20.9. The number of rotatable bonds is 3. The first kappa shape index (κ1) is 8.24. The van der Waals surface area contributed by atoms with Crippen LogP contribution in [0, 0.1) is 5.92 Å². The Morgan fingerprint density at radius 1 is 1.64 bits per heavy atom. The molecular formula is C8H12O3. The van der Waals surface area contributed by atoms with E-state index in [9.17, 15) is 9.59 Å². The number of carbonyl (C=O) groups excluding carboxylic acids is 1. The topological polar surface area (TPSA) is 54.4 Å². The van der Waals surface area contributed by atoms with Crippen LogP contribution in [0.2, 0.25) is 0 Å². The summed E-state index contributed by atoms with van der Waals surface area (Å²) >= 11 is 0. The number of Topliss-reactive ketones (excluding diaryl/α,β-unsaturated/α-hetero) is 1. The van der Waals surface area contributed by atoms with E-state index >= 15 is 0 Å². The van der Waals surface area contributed by atoms with Gasteiger partial charge in [0.25, 0.3) is 0 Å². The maximum Gasteiger partial charge on any atom is 0.303 e. The molecule has 0 bridgehead atoms. The second-order valence-corrected chi connectivity index (χ2v) is 3.08. The highest BCUT2D eigenvalue weighted by atomic mass is 16.4. The van der Waals surface area contributed by atoms with E-state index in [0.717, 1.165) is 6.42 Å². The lowest BCUT2D eigenvalue weighted by atomic mass is 10.0. The molecule has 0 amide bonds. The van der Waals surface area contributed by atoms with Gasteiger partial charge in [0.05, 0.1) is 0 Å². The van der Waals surface area contributed by atoms with Crippen LogP contribution < -0.4 is 0 Å². The van der Waals surface area contributed by atoms with Gasteiger partial charge in [0.2, 0.25) is 0 Å². The smallest absolute Gasteiger partial charge is 0.303 e. The first-order chi connectivity index (χ1) is 5.18. The molecule has 0 aliphatic heterocycles. The molecular weight excluding hydrogens is 144 g/mol. The van der Waals surface area contributed by atoms with Crippen molar-refractivity contribution >= 4 is 11.8 Å². The molecule has 1 N–H and O–H groups in total. The van der Waals surface area contributed by atoms with Gasteiger partial charge in [-0.2, -0.15) is 0 Å². The molecule has 0 aromatic rings. The van der Waals surface area contributed by atoms with Crippen LogP contribution in [0.4, 0.5) is 0 Å². The lowest BCUT2D eigenvalue weighted by Gasteiger charge is -2.03. The van der Waals surface area contributed by atoms with E-state index in [-0.39, 0.29) is 6.42 Å². The molecule has 62 valence electrons. The Labute approximate surface area is 65.4 Å². The number of carboxylic acids is 1. The Morgan fingerprint density at radius 3 is 2.82 bits per heavy atom. The molecule has 1 fully saturated rings. The Kier molecular flexibility index (Phi) is 2.63. The summed E-state index contributed by atoms with van der Waals surface area (Å²) in [6.07, 6.45) is 3.03. The molecule has 1 aliphatic carbocycles. The number of hydrogen-bond donors (Lipinski definition) is 1. The highest BCUT2D eigenvalue weighted by molar-refractivity contribution is 5.80. The summed E-state index contributed by atoms with van der Waals surface area (Å²) in [7, 11) is 0. The third kappa shape index (κ3) is 2.70. The van der Waals surface area contributed by atoms with Crippen molar-refractivity contribution in [2.75, 3.05) is 0 Å². The first-order valence-electron chi connectivity index (χ1n) is 3.92. The largest absolute Gasteiger partial charge is 0.481 e. The van der Waals surface area contributed by atoms with Crippen molar-refractivity contribution in [2.24, 2.45) is 5.92 Å². The predicted octanol–water partition coefficient (Wildman–Crippen LogP) is 1.22. The summed E-state index contributed by atoms with van der Waals surface area (Å²) in [5.41, 5.74) is 0. The van der Waals surface area contributed by atoms with Crippen LogP contribution in [0.15, 0.2) is 0 Å². The van der Waals surface area contributed by atoms with Crippen molar-refractivity contribution in [3.8, 4) is 0 Å². The maximum atomic E-state index is 10.8. The Bertz CT molecular complexity index is 174. The van der Waals surface area contributed by atoms with E-state index in [1.807, 2.05) is 0 Å². The van der Waals surface area contributed by atoms with Crippen molar-refractivity contribution in [1.82, 2.24) is 0 Å². The zero-order valence-electron chi connectivity index (χ0n) is 6.38. The van der Waals surface area contributed by atoms with E-state index < -0.39 is 5.97 Å². The summed E-state index contributed by atoms with van der Waals surface area (Å²) < 4.78 is 0. The van der Waals surface area contributed by atoms with Gasteiger partial charge in [0.1, 0.15) is 5.78 Å². The minimum Gasteiger partial charge on any atom is -0.481 e. The Hall–Kier alpha value is -0.860. The zero-order chi connectivity index (χ0) is 8.27. The average Bonchev–Trinajstić information content (AvgIpc) is 2.31. The second-order valence-electron chi connectivity index (χ2n) is 3.08. The minimum atomic E-state index is -0.760. The second kappa shape index (κ2) is 3.51. The summed E-state index contributed by atoms with van der Waals surface area (Å²) in [6.45, 7) is 0. The van der Waals surface area contributed by atoms with E-state index in [0.29, 0.717) is 31.0 Å². The molecule has 0 heterocycles. The molecule has 0 unspecified atom stereocenters. The zero-order valence-corrected chi connectivity index (χ0v) is 6.38. The van der Waals surface area contributed by atoms with Gasteiger partial charge >= 0.3 is 5.97 Å². The molecule has 11 heavy (non-hydrogen) atoms. The quantitative estimate of drug-likeness (QED) is 0.668. The fraction of sp³-hybridized carbons (Fsp3) is 0.750. The average molecular weight is 156 g/mol. The highest BCUT2D eigenvalue weighted by Gasteiger charge is 2.21. The standard InChI is InChI=1S/C8H12O3/c9-7-3-1-6(5-7)2-4-8(10)11/h6H,1-5H2,(H,10,11)/t6-/m1/s1. The van der Waals surface area contributed by atoms with Gasteiger partial charge in [0.15, 0.2) is 0 Å². The van der Waals surface area contributed by atoms with E-state index in [4.69, 9.17) is 5.11 Å².